The summed E-state index contributed by atoms with van der Waals surface area (Å²) < 4.78 is 31.1. The molecule has 0 saturated carbocycles. The number of hydrogen-bond acceptors (Lipinski definition) is 3. The highest BCUT2D eigenvalue weighted by Gasteiger charge is 2.28. The highest BCUT2D eigenvalue weighted by atomic mass is 35.5. The van der Waals surface area contributed by atoms with E-state index in [1.807, 2.05) is 0 Å². The second kappa shape index (κ2) is 8.58. The van der Waals surface area contributed by atoms with Gasteiger partial charge in [0.2, 0.25) is 0 Å². The van der Waals surface area contributed by atoms with Crippen molar-refractivity contribution >= 4 is 41.5 Å². The first-order valence-corrected chi connectivity index (χ1v) is 6.48. The topological polar surface area (TPSA) is 64.3 Å². The van der Waals surface area contributed by atoms with Gasteiger partial charge in [0.25, 0.3) is 11.8 Å². The molecule has 1 rings (SSSR count). The zero-order valence-electron chi connectivity index (χ0n) is 11.0. The second-order valence-electron chi connectivity index (χ2n) is 4.09. The van der Waals surface area contributed by atoms with Crippen LogP contribution in [0.5, 0.6) is 5.75 Å². The molecular weight excluding hydrogens is 348 g/mol. The summed E-state index contributed by atoms with van der Waals surface area (Å²) >= 11 is 11.7. The van der Waals surface area contributed by atoms with Crippen LogP contribution in [0.15, 0.2) is 18.2 Å². The summed E-state index contributed by atoms with van der Waals surface area (Å²) in [4.78, 5) is 11.6. The molecule has 21 heavy (non-hydrogen) atoms. The molecule has 1 amide bonds. The van der Waals surface area contributed by atoms with Gasteiger partial charge >= 0.3 is 0 Å². The number of carbonyl (C=O) groups excluding carboxylic acids is 1. The fraction of sp³-hybridized carbons (Fsp3) is 0.417. The summed E-state index contributed by atoms with van der Waals surface area (Å²) in [6.07, 6.45) is -1.00. The van der Waals surface area contributed by atoms with Crippen LogP contribution in [0.4, 0.5) is 8.78 Å². The van der Waals surface area contributed by atoms with Crippen molar-refractivity contribution in [1.82, 2.24) is 5.32 Å². The van der Waals surface area contributed by atoms with Gasteiger partial charge in [-0.05, 0) is 19.1 Å². The van der Waals surface area contributed by atoms with Gasteiger partial charge in [-0.3, -0.25) is 4.79 Å². The van der Waals surface area contributed by atoms with Gasteiger partial charge in [-0.1, -0.05) is 29.3 Å². The minimum absolute atomic E-state index is 0. The van der Waals surface area contributed by atoms with Gasteiger partial charge in [0.05, 0.1) is 18.1 Å². The fourth-order valence-electron chi connectivity index (χ4n) is 1.25. The summed E-state index contributed by atoms with van der Waals surface area (Å²) in [7, 11) is 0. The SMILES string of the molecule is CC(Oc1cccc(Cl)c1Cl)C(=O)NCC(F)(F)CN.Cl. The van der Waals surface area contributed by atoms with Crippen LogP contribution in [-0.4, -0.2) is 31.0 Å². The Balaban J connectivity index is 0.00000400. The lowest BCUT2D eigenvalue weighted by Gasteiger charge is -2.18. The molecule has 0 fully saturated rings. The Morgan fingerprint density at radius 3 is 2.67 bits per heavy atom. The first-order chi connectivity index (χ1) is 9.26. The van der Waals surface area contributed by atoms with Gasteiger partial charge in [0, 0.05) is 0 Å². The van der Waals surface area contributed by atoms with E-state index in [1.165, 1.54) is 13.0 Å². The van der Waals surface area contributed by atoms with Crippen molar-refractivity contribution in [2.75, 3.05) is 13.1 Å². The average Bonchev–Trinajstić information content (AvgIpc) is 2.41. The Hall–Kier alpha value is -0.820. The maximum atomic E-state index is 12.9. The van der Waals surface area contributed by atoms with Crippen LogP contribution >= 0.6 is 35.6 Å². The van der Waals surface area contributed by atoms with Crippen LogP contribution in [0.2, 0.25) is 10.0 Å². The highest BCUT2D eigenvalue weighted by molar-refractivity contribution is 6.42. The third-order valence-electron chi connectivity index (χ3n) is 2.41. The number of benzene rings is 1. The maximum absolute atomic E-state index is 12.9. The van der Waals surface area contributed by atoms with Crippen LogP contribution < -0.4 is 15.8 Å². The minimum atomic E-state index is -3.15. The van der Waals surface area contributed by atoms with Crippen LogP contribution in [-0.2, 0) is 4.79 Å². The number of carbonyl (C=O) groups is 1. The van der Waals surface area contributed by atoms with Crippen molar-refractivity contribution in [2.24, 2.45) is 5.73 Å². The molecule has 0 aliphatic rings. The molecule has 0 bridgehead atoms. The summed E-state index contributed by atoms with van der Waals surface area (Å²) in [5.41, 5.74) is 4.86. The quantitative estimate of drug-likeness (QED) is 0.817. The van der Waals surface area contributed by atoms with Crippen LogP contribution in [0, 0.1) is 0 Å². The zero-order valence-corrected chi connectivity index (χ0v) is 13.4. The molecule has 1 unspecified atom stereocenters. The molecule has 0 heterocycles. The van der Waals surface area contributed by atoms with E-state index in [4.69, 9.17) is 33.7 Å². The predicted molar refractivity (Wildman–Crippen MR) is 80.8 cm³/mol. The molecule has 1 aromatic rings. The summed E-state index contributed by atoms with van der Waals surface area (Å²) in [5, 5.41) is 2.48. The molecule has 0 aliphatic heterocycles. The van der Waals surface area contributed by atoms with E-state index < -0.39 is 31.0 Å². The van der Waals surface area contributed by atoms with Gasteiger partial charge in [-0.15, -0.1) is 12.4 Å². The van der Waals surface area contributed by atoms with E-state index in [0.29, 0.717) is 0 Å². The number of ether oxygens (including phenoxy) is 1. The normalized spacial score (nSPS) is 12.3. The minimum Gasteiger partial charge on any atom is -0.479 e. The highest BCUT2D eigenvalue weighted by Crippen LogP contribution is 2.32. The predicted octanol–water partition coefficient (Wildman–Crippen LogP) is 2.89. The monoisotopic (exact) mass is 362 g/mol. The van der Waals surface area contributed by atoms with Crippen molar-refractivity contribution in [1.29, 1.82) is 0 Å². The molecule has 1 atom stereocenters. The number of alkyl halides is 2. The molecule has 0 aromatic heterocycles. The Morgan fingerprint density at radius 1 is 1.48 bits per heavy atom. The first kappa shape index (κ1) is 20.2. The Morgan fingerprint density at radius 2 is 2.10 bits per heavy atom. The molecule has 120 valence electrons. The smallest absolute Gasteiger partial charge is 0.277 e. The molecule has 0 saturated heterocycles. The summed E-state index contributed by atoms with van der Waals surface area (Å²) in [5.74, 6) is -3.65. The van der Waals surface area contributed by atoms with Crippen molar-refractivity contribution in [3.8, 4) is 5.75 Å². The third-order valence-corrected chi connectivity index (χ3v) is 3.21. The molecular formula is C12H15Cl3F2N2O2. The van der Waals surface area contributed by atoms with E-state index in [-0.39, 0.29) is 28.2 Å². The van der Waals surface area contributed by atoms with E-state index >= 15 is 0 Å². The lowest BCUT2D eigenvalue weighted by Crippen LogP contribution is -2.45. The molecule has 0 aliphatic carbocycles. The van der Waals surface area contributed by atoms with Gasteiger partial charge in [0.1, 0.15) is 10.8 Å². The third kappa shape index (κ3) is 6.22. The Labute approximate surface area is 137 Å². The van der Waals surface area contributed by atoms with Crippen molar-refractivity contribution in [3.05, 3.63) is 28.2 Å². The van der Waals surface area contributed by atoms with Crippen LogP contribution in [0.1, 0.15) is 6.92 Å². The van der Waals surface area contributed by atoms with Gasteiger partial charge in [-0.25, -0.2) is 8.78 Å². The van der Waals surface area contributed by atoms with Gasteiger partial charge < -0.3 is 15.8 Å². The molecule has 0 spiro atoms. The van der Waals surface area contributed by atoms with Crippen LogP contribution in [0.25, 0.3) is 0 Å². The van der Waals surface area contributed by atoms with E-state index in [0.717, 1.165) is 0 Å². The number of halogens is 5. The number of amides is 1. The number of hydrogen-bond donors (Lipinski definition) is 2. The Bertz CT molecular complexity index is 490. The number of nitrogens with two attached hydrogens (primary N) is 1. The summed E-state index contributed by atoms with van der Waals surface area (Å²) in [6.45, 7) is -0.283. The average molecular weight is 364 g/mol. The van der Waals surface area contributed by atoms with Crippen molar-refractivity contribution in [2.45, 2.75) is 19.0 Å². The lowest BCUT2D eigenvalue weighted by molar-refractivity contribution is -0.129. The van der Waals surface area contributed by atoms with Gasteiger partial charge in [-0.2, -0.15) is 0 Å². The molecule has 4 nitrogen and oxygen atoms in total. The standard InChI is InChI=1S/C12H14Cl2F2N2O2.ClH/c1-7(11(19)18-6-12(15,16)5-17)20-9-4-2-3-8(13)10(9)14;/h2-4,7H,5-6,17H2,1H3,(H,18,19);1H. The molecule has 0 radical (unpaired) electrons. The Kier molecular flexibility index (Phi) is 8.25. The lowest BCUT2D eigenvalue weighted by atomic mass is 10.3. The maximum Gasteiger partial charge on any atom is 0.277 e. The van der Waals surface area contributed by atoms with Crippen LogP contribution in [0.3, 0.4) is 0 Å². The van der Waals surface area contributed by atoms with E-state index in [2.05, 4.69) is 5.32 Å². The van der Waals surface area contributed by atoms with Gasteiger partial charge in [0.15, 0.2) is 6.10 Å². The molecule has 1 aromatic carbocycles. The second-order valence-corrected chi connectivity index (χ2v) is 4.88. The first-order valence-electron chi connectivity index (χ1n) is 5.73. The van der Waals surface area contributed by atoms with Crippen molar-refractivity contribution in [3.63, 3.8) is 0 Å². The number of rotatable bonds is 6. The van der Waals surface area contributed by atoms with E-state index in [1.54, 1.807) is 12.1 Å². The fourth-order valence-corrected chi connectivity index (χ4v) is 1.59. The molecule has 3 N–H and O–H groups in total. The largest absolute Gasteiger partial charge is 0.479 e. The summed E-state index contributed by atoms with van der Waals surface area (Å²) in [6, 6.07) is 4.67. The zero-order chi connectivity index (χ0) is 15.3. The van der Waals surface area contributed by atoms with Crippen molar-refractivity contribution < 1.29 is 18.3 Å². The number of nitrogens with one attached hydrogen (secondary N) is 1. The molecule has 9 heteroatoms. The van der Waals surface area contributed by atoms with E-state index in [9.17, 15) is 13.6 Å².